The molecule has 3 aromatic rings. The van der Waals surface area contributed by atoms with E-state index in [2.05, 4.69) is 20.9 Å². The SMILES string of the molecule is CC(=O)NNC(=O)c1ccsc1NC(=O)c1ccccc1NS(=O)(=O)c1ccc(C)cc1. The molecular formula is C21H20N4O5S2. The van der Waals surface area contributed by atoms with Crippen LogP contribution in [0.3, 0.4) is 0 Å². The standard InChI is InChI=1S/C21H20N4O5S2/c1-13-7-9-15(10-8-13)32(29,30)25-18-6-4-3-5-16(18)19(27)22-21-17(11-12-31-21)20(28)24-23-14(2)26/h3-12,25H,1-2H3,(H,22,27)(H,23,26)(H,24,28). The molecule has 32 heavy (non-hydrogen) atoms. The molecule has 0 aliphatic heterocycles. The number of anilines is 2. The maximum absolute atomic E-state index is 12.9. The Bertz CT molecular complexity index is 1270. The van der Waals surface area contributed by atoms with Crippen molar-refractivity contribution in [2.45, 2.75) is 18.7 Å². The molecule has 0 bridgehead atoms. The molecule has 1 heterocycles. The zero-order valence-electron chi connectivity index (χ0n) is 17.1. The van der Waals surface area contributed by atoms with E-state index in [0.717, 1.165) is 16.9 Å². The van der Waals surface area contributed by atoms with Crippen molar-refractivity contribution in [2.24, 2.45) is 0 Å². The van der Waals surface area contributed by atoms with Crippen LogP contribution in [0.5, 0.6) is 0 Å². The summed E-state index contributed by atoms with van der Waals surface area (Å²) in [6.45, 7) is 3.09. The molecule has 1 aromatic heterocycles. The maximum atomic E-state index is 12.9. The first-order valence-corrected chi connectivity index (χ1v) is 11.7. The van der Waals surface area contributed by atoms with E-state index in [1.807, 2.05) is 6.92 Å². The third-order valence-electron chi connectivity index (χ3n) is 4.24. The molecule has 0 aliphatic rings. The number of sulfonamides is 1. The topological polar surface area (TPSA) is 133 Å². The summed E-state index contributed by atoms with van der Waals surface area (Å²) in [5, 5.41) is 4.47. The zero-order valence-corrected chi connectivity index (χ0v) is 18.8. The van der Waals surface area contributed by atoms with Crippen molar-refractivity contribution in [3.05, 3.63) is 76.7 Å². The van der Waals surface area contributed by atoms with Gasteiger partial charge in [0.2, 0.25) is 5.91 Å². The molecule has 0 atom stereocenters. The van der Waals surface area contributed by atoms with Gasteiger partial charge in [0.05, 0.1) is 21.7 Å². The number of hydrogen-bond acceptors (Lipinski definition) is 6. The normalized spacial score (nSPS) is 10.8. The number of carbonyl (C=O) groups excluding carboxylic acids is 3. The minimum Gasteiger partial charge on any atom is -0.313 e. The van der Waals surface area contributed by atoms with Crippen molar-refractivity contribution < 1.29 is 22.8 Å². The third kappa shape index (κ3) is 5.50. The summed E-state index contributed by atoms with van der Waals surface area (Å²) in [4.78, 5) is 36.2. The summed E-state index contributed by atoms with van der Waals surface area (Å²) < 4.78 is 27.9. The second-order valence-corrected chi connectivity index (χ2v) is 9.32. The quantitative estimate of drug-likeness (QED) is 0.410. The Labute approximate surface area is 188 Å². The second-order valence-electron chi connectivity index (χ2n) is 6.72. The number of hydrogen-bond donors (Lipinski definition) is 4. The van der Waals surface area contributed by atoms with Crippen LogP contribution < -0.4 is 20.9 Å². The van der Waals surface area contributed by atoms with Crippen molar-refractivity contribution in [1.29, 1.82) is 0 Å². The molecule has 0 unspecified atom stereocenters. The summed E-state index contributed by atoms with van der Waals surface area (Å²) >= 11 is 1.11. The van der Waals surface area contributed by atoms with Crippen molar-refractivity contribution in [3.63, 3.8) is 0 Å². The Kier molecular flexibility index (Phi) is 6.91. The number of thiophene rings is 1. The molecule has 3 rings (SSSR count). The molecule has 0 radical (unpaired) electrons. The Balaban J connectivity index is 1.81. The van der Waals surface area contributed by atoms with Gasteiger partial charge in [0.1, 0.15) is 5.00 Å². The number of benzene rings is 2. The van der Waals surface area contributed by atoms with E-state index >= 15 is 0 Å². The van der Waals surface area contributed by atoms with Gasteiger partial charge in [-0.1, -0.05) is 29.8 Å². The number of nitrogens with one attached hydrogen (secondary N) is 4. The highest BCUT2D eigenvalue weighted by atomic mass is 32.2. The van der Waals surface area contributed by atoms with Crippen LogP contribution in [0.4, 0.5) is 10.7 Å². The Morgan fingerprint density at radius 3 is 2.22 bits per heavy atom. The summed E-state index contributed by atoms with van der Waals surface area (Å²) in [6.07, 6.45) is 0. The summed E-state index contributed by atoms with van der Waals surface area (Å²) in [5.74, 6) is -1.66. The van der Waals surface area contributed by atoms with Gasteiger partial charge >= 0.3 is 0 Å². The molecule has 9 nitrogen and oxygen atoms in total. The van der Waals surface area contributed by atoms with E-state index < -0.39 is 27.7 Å². The smallest absolute Gasteiger partial charge is 0.272 e. The molecule has 166 valence electrons. The van der Waals surface area contributed by atoms with E-state index in [-0.39, 0.29) is 26.7 Å². The molecule has 2 aromatic carbocycles. The summed E-state index contributed by atoms with van der Waals surface area (Å²) in [6, 6.07) is 13.9. The maximum Gasteiger partial charge on any atom is 0.272 e. The lowest BCUT2D eigenvalue weighted by molar-refractivity contribution is -0.119. The second kappa shape index (κ2) is 9.62. The first-order valence-electron chi connectivity index (χ1n) is 9.31. The van der Waals surface area contributed by atoms with Gasteiger partial charge < -0.3 is 5.32 Å². The fourth-order valence-corrected chi connectivity index (χ4v) is 4.52. The lowest BCUT2D eigenvalue weighted by Gasteiger charge is -2.13. The molecule has 3 amide bonds. The van der Waals surface area contributed by atoms with Gasteiger partial charge in [0.15, 0.2) is 0 Å². The van der Waals surface area contributed by atoms with Crippen molar-refractivity contribution in [2.75, 3.05) is 10.0 Å². The van der Waals surface area contributed by atoms with E-state index in [1.165, 1.54) is 37.3 Å². The number of aryl methyl sites for hydroxylation is 1. The van der Waals surface area contributed by atoms with Crippen molar-refractivity contribution in [3.8, 4) is 0 Å². The first-order chi connectivity index (χ1) is 15.2. The van der Waals surface area contributed by atoms with E-state index in [9.17, 15) is 22.8 Å². The van der Waals surface area contributed by atoms with Crippen LogP contribution in [0, 0.1) is 6.92 Å². The highest BCUT2D eigenvalue weighted by Crippen LogP contribution is 2.26. The van der Waals surface area contributed by atoms with Crippen LogP contribution in [0.15, 0.2) is 64.9 Å². The van der Waals surface area contributed by atoms with Crippen LogP contribution in [0.1, 0.15) is 33.2 Å². The van der Waals surface area contributed by atoms with Crippen LogP contribution in [-0.4, -0.2) is 26.1 Å². The molecule has 0 spiro atoms. The van der Waals surface area contributed by atoms with Crippen LogP contribution in [0.25, 0.3) is 0 Å². The predicted octanol–water partition coefficient (Wildman–Crippen LogP) is 2.89. The number of amides is 3. The number of para-hydroxylation sites is 1. The molecular weight excluding hydrogens is 452 g/mol. The Morgan fingerprint density at radius 1 is 0.844 bits per heavy atom. The highest BCUT2D eigenvalue weighted by Gasteiger charge is 2.21. The highest BCUT2D eigenvalue weighted by molar-refractivity contribution is 7.92. The number of hydrazine groups is 1. The molecule has 4 N–H and O–H groups in total. The van der Waals surface area contributed by atoms with E-state index in [0.29, 0.717) is 0 Å². The fraction of sp³-hybridized carbons (Fsp3) is 0.0952. The molecule has 0 saturated heterocycles. The Morgan fingerprint density at radius 2 is 1.53 bits per heavy atom. The van der Waals surface area contributed by atoms with Crippen molar-refractivity contribution in [1.82, 2.24) is 10.9 Å². The Hall–Kier alpha value is -3.70. The molecule has 0 aliphatic carbocycles. The van der Waals surface area contributed by atoms with Gasteiger partial charge in [-0.25, -0.2) is 8.42 Å². The fourth-order valence-electron chi connectivity index (χ4n) is 2.66. The monoisotopic (exact) mass is 472 g/mol. The minimum absolute atomic E-state index is 0.0634. The minimum atomic E-state index is -3.92. The van der Waals surface area contributed by atoms with E-state index in [4.69, 9.17) is 0 Å². The third-order valence-corrected chi connectivity index (χ3v) is 6.45. The first kappa shape index (κ1) is 23.0. The largest absolute Gasteiger partial charge is 0.313 e. The average molecular weight is 473 g/mol. The van der Waals surface area contributed by atoms with Gasteiger partial charge in [-0.2, -0.15) is 0 Å². The summed E-state index contributed by atoms with van der Waals surface area (Å²) in [7, 11) is -3.92. The molecule has 11 heteroatoms. The van der Waals surface area contributed by atoms with Crippen LogP contribution in [0.2, 0.25) is 0 Å². The zero-order chi connectivity index (χ0) is 23.3. The van der Waals surface area contributed by atoms with Gasteiger partial charge in [-0.05, 0) is 42.6 Å². The number of carbonyl (C=O) groups is 3. The predicted molar refractivity (Wildman–Crippen MR) is 122 cm³/mol. The van der Waals surface area contributed by atoms with Gasteiger partial charge in [-0.15, -0.1) is 11.3 Å². The summed E-state index contributed by atoms with van der Waals surface area (Å²) in [5.41, 5.74) is 5.63. The molecule has 0 saturated carbocycles. The molecule has 0 fully saturated rings. The van der Waals surface area contributed by atoms with Gasteiger partial charge in [0, 0.05) is 6.92 Å². The lowest BCUT2D eigenvalue weighted by Crippen LogP contribution is -2.40. The van der Waals surface area contributed by atoms with E-state index in [1.54, 1.807) is 29.6 Å². The van der Waals surface area contributed by atoms with Crippen molar-refractivity contribution >= 4 is 49.8 Å². The van der Waals surface area contributed by atoms with Gasteiger partial charge in [-0.3, -0.25) is 30.0 Å². The van der Waals surface area contributed by atoms with Crippen LogP contribution >= 0.6 is 11.3 Å². The van der Waals surface area contributed by atoms with Gasteiger partial charge in [0.25, 0.3) is 21.8 Å². The van der Waals surface area contributed by atoms with Crippen LogP contribution in [-0.2, 0) is 14.8 Å². The lowest BCUT2D eigenvalue weighted by atomic mass is 10.1. The number of rotatable bonds is 6. The average Bonchev–Trinajstić information content (AvgIpc) is 3.20.